The van der Waals surface area contributed by atoms with Crippen molar-refractivity contribution in [2.75, 3.05) is 56.2 Å². The van der Waals surface area contributed by atoms with Crippen LogP contribution in [0.2, 0.25) is 0 Å². The van der Waals surface area contributed by atoms with Crippen molar-refractivity contribution in [3.8, 4) is 11.8 Å². The van der Waals surface area contributed by atoms with Crippen LogP contribution in [0.5, 0.6) is 0 Å². The quantitative estimate of drug-likeness (QED) is 0.143. The number of imide groups is 1. The lowest BCUT2D eigenvalue weighted by Gasteiger charge is -2.36. The van der Waals surface area contributed by atoms with Crippen LogP contribution in [0.4, 0.5) is 20.3 Å². The van der Waals surface area contributed by atoms with Crippen LogP contribution in [-0.4, -0.2) is 115 Å². The minimum absolute atomic E-state index is 0.00750. The number of para-hydroxylation sites is 1. The Morgan fingerprint density at radius 2 is 1.89 bits per heavy atom. The standard InChI is InChI=1S/C44H51F2N11O5/c1-27-26-61-22-20-55(27)36-16-19-56-42(49-36)34(23-47-56)44(60)48-35-25-57(52-39(35)41(45)46)30-10-8-28(9-11-30)24-54-17-14-31(15-18-54)62-21-4-6-29-5-3-7-32-38(51-53(2)40(29)32)33-12-13-37(58)50-43(33)59/h3,5,7,16,19,23,25,27-28,30-31,33,41H,8-15,17-18,20-22,24,26H2,1-2H3,(H,48,60)(H,50,58,59). The largest absolute Gasteiger partial charge is 0.377 e. The second-order valence-electron chi connectivity index (χ2n) is 16.9. The van der Waals surface area contributed by atoms with E-state index in [4.69, 9.17) is 14.5 Å². The van der Waals surface area contributed by atoms with Gasteiger partial charge in [-0.05, 0) is 69.9 Å². The second kappa shape index (κ2) is 17.9. The third kappa shape index (κ3) is 8.66. The van der Waals surface area contributed by atoms with Gasteiger partial charge in [-0.15, -0.1) is 0 Å². The number of ether oxygens (including phenoxy) is 2. The number of aromatic nitrogens is 7. The Morgan fingerprint density at radius 1 is 1.06 bits per heavy atom. The number of aryl methyl sites for hydroxylation is 1. The van der Waals surface area contributed by atoms with Crippen molar-refractivity contribution < 1.29 is 32.6 Å². The fourth-order valence-corrected chi connectivity index (χ4v) is 9.47. The zero-order chi connectivity index (χ0) is 42.9. The fourth-order valence-electron chi connectivity index (χ4n) is 9.47. The van der Waals surface area contributed by atoms with E-state index in [0.717, 1.165) is 74.6 Å². The number of likely N-dealkylation sites (tertiary alicyclic amines) is 1. The molecule has 1 saturated carbocycles. The van der Waals surface area contributed by atoms with Gasteiger partial charge in [0.25, 0.3) is 12.3 Å². The smallest absolute Gasteiger partial charge is 0.284 e. The SMILES string of the molecule is CC1COCCN1c1ccn2ncc(C(=O)Nc3cn(C4CCC(CN5CCC(OCC#Cc6cccc7c(C8CCC(=O)NC8=O)nn(C)c67)CC5)CC4)nc3C(F)F)c2n1. The van der Waals surface area contributed by atoms with Gasteiger partial charge in [-0.1, -0.05) is 24.0 Å². The Hall–Kier alpha value is -5.77. The Labute approximate surface area is 357 Å². The molecule has 2 N–H and O–H groups in total. The van der Waals surface area contributed by atoms with Crippen LogP contribution in [0, 0.1) is 17.8 Å². The minimum atomic E-state index is -2.86. The molecule has 2 atom stereocenters. The van der Waals surface area contributed by atoms with Crippen molar-refractivity contribution in [2.24, 2.45) is 13.0 Å². The van der Waals surface area contributed by atoms with E-state index in [1.54, 1.807) is 21.8 Å². The highest BCUT2D eigenvalue weighted by Gasteiger charge is 2.33. The molecule has 1 aromatic carbocycles. The maximum absolute atomic E-state index is 14.3. The van der Waals surface area contributed by atoms with Gasteiger partial charge < -0.3 is 24.6 Å². The first-order valence-electron chi connectivity index (χ1n) is 21.6. The zero-order valence-corrected chi connectivity index (χ0v) is 34.9. The molecule has 4 aliphatic rings. The molecule has 4 fully saturated rings. The third-order valence-electron chi connectivity index (χ3n) is 12.8. The summed E-state index contributed by atoms with van der Waals surface area (Å²) in [6.45, 7) is 7.02. The molecule has 1 aliphatic carbocycles. The normalized spacial score (nSPS) is 22.9. The van der Waals surface area contributed by atoms with Crippen LogP contribution in [0.15, 0.2) is 42.9 Å². The van der Waals surface area contributed by atoms with Crippen LogP contribution in [0.1, 0.15) is 104 Å². The molecule has 18 heteroatoms. The van der Waals surface area contributed by atoms with E-state index < -0.39 is 23.9 Å². The Bertz CT molecular complexity index is 2530. The lowest BCUT2D eigenvalue weighted by atomic mass is 9.85. The molecule has 2 unspecified atom stereocenters. The number of anilines is 2. The van der Waals surface area contributed by atoms with Crippen molar-refractivity contribution in [2.45, 2.75) is 88.8 Å². The van der Waals surface area contributed by atoms with E-state index in [1.165, 1.54) is 10.7 Å². The molecule has 0 spiro atoms. The van der Waals surface area contributed by atoms with E-state index in [-0.39, 0.29) is 41.3 Å². The summed E-state index contributed by atoms with van der Waals surface area (Å²) >= 11 is 0. The predicted molar refractivity (Wildman–Crippen MR) is 225 cm³/mol. The number of carbonyl (C=O) groups excluding carboxylic acids is 3. The number of morpholine rings is 1. The van der Waals surface area contributed by atoms with Crippen LogP contribution in [0.25, 0.3) is 16.6 Å². The summed E-state index contributed by atoms with van der Waals surface area (Å²) in [6, 6.07) is 7.71. The average Bonchev–Trinajstić information content (AvgIpc) is 3.99. The number of carbonyl (C=O) groups is 3. The van der Waals surface area contributed by atoms with Gasteiger partial charge in [0.05, 0.1) is 66.0 Å². The van der Waals surface area contributed by atoms with Gasteiger partial charge in [-0.3, -0.25) is 29.1 Å². The van der Waals surface area contributed by atoms with Crippen LogP contribution in [0.3, 0.4) is 0 Å². The van der Waals surface area contributed by atoms with Crippen molar-refractivity contribution in [1.29, 1.82) is 0 Å². The summed E-state index contributed by atoms with van der Waals surface area (Å²) < 4.78 is 45.2. The van der Waals surface area contributed by atoms with Gasteiger partial charge in [-0.25, -0.2) is 18.3 Å². The lowest BCUT2D eigenvalue weighted by Crippen LogP contribution is -2.44. The van der Waals surface area contributed by atoms with Gasteiger partial charge in [0, 0.05) is 57.4 Å². The van der Waals surface area contributed by atoms with Crippen LogP contribution < -0.4 is 15.5 Å². The van der Waals surface area contributed by atoms with E-state index in [2.05, 4.69) is 47.6 Å². The molecular weight excluding hydrogens is 801 g/mol. The van der Waals surface area contributed by atoms with Gasteiger partial charge in [0.1, 0.15) is 18.0 Å². The molecule has 3 amide bonds. The summed E-state index contributed by atoms with van der Waals surface area (Å²) in [5.41, 5.74) is 2.39. The number of nitrogens with zero attached hydrogens (tertiary/aromatic N) is 9. The molecule has 3 saturated heterocycles. The summed E-state index contributed by atoms with van der Waals surface area (Å²) in [7, 11) is 1.84. The van der Waals surface area contributed by atoms with Crippen molar-refractivity contribution in [1.82, 2.24) is 44.4 Å². The Kier molecular flexibility index (Phi) is 12.0. The number of benzene rings is 1. The molecule has 0 bridgehead atoms. The molecule has 5 aromatic rings. The van der Waals surface area contributed by atoms with Crippen molar-refractivity contribution >= 4 is 45.8 Å². The van der Waals surface area contributed by atoms with Gasteiger partial charge in [-0.2, -0.15) is 15.3 Å². The van der Waals surface area contributed by atoms with Crippen LogP contribution >= 0.6 is 0 Å². The molecule has 3 aliphatic heterocycles. The number of nitrogens with one attached hydrogen (secondary N) is 2. The van der Waals surface area contributed by atoms with E-state index in [1.807, 2.05) is 38.2 Å². The molecule has 16 nitrogen and oxygen atoms in total. The maximum atomic E-state index is 14.3. The number of hydrogen-bond acceptors (Lipinski definition) is 11. The number of rotatable bonds is 10. The summed E-state index contributed by atoms with van der Waals surface area (Å²) in [4.78, 5) is 47.1. The topological polar surface area (TPSA) is 166 Å². The number of halogens is 2. The zero-order valence-electron chi connectivity index (χ0n) is 34.9. The van der Waals surface area contributed by atoms with E-state index >= 15 is 0 Å². The highest BCUT2D eigenvalue weighted by Crippen LogP contribution is 2.36. The summed E-state index contributed by atoms with van der Waals surface area (Å²) in [5, 5.41) is 19.2. The molecule has 62 heavy (non-hydrogen) atoms. The van der Waals surface area contributed by atoms with Gasteiger partial charge in [0.15, 0.2) is 11.3 Å². The number of fused-ring (bicyclic) bond motifs is 2. The number of hydrogen-bond donors (Lipinski definition) is 2. The fraction of sp³-hybridized carbons (Fsp3) is 0.523. The Balaban J connectivity index is 0.745. The van der Waals surface area contributed by atoms with Crippen molar-refractivity contribution in [3.05, 3.63) is 65.4 Å². The Morgan fingerprint density at radius 3 is 2.66 bits per heavy atom. The highest BCUT2D eigenvalue weighted by atomic mass is 19.3. The maximum Gasteiger partial charge on any atom is 0.284 e. The van der Waals surface area contributed by atoms with E-state index in [0.29, 0.717) is 62.3 Å². The first kappa shape index (κ1) is 41.6. The van der Waals surface area contributed by atoms with Gasteiger partial charge >= 0.3 is 0 Å². The first-order valence-corrected chi connectivity index (χ1v) is 21.6. The second-order valence-corrected chi connectivity index (χ2v) is 16.9. The summed E-state index contributed by atoms with van der Waals surface area (Å²) in [6.07, 6.45) is 8.05. The monoisotopic (exact) mass is 851 g/mol. The molecule has 7 heterocycles. The number of alkyl halides is 2. The minimum Gasteiger partial charge on any atom is -0.377 e. The molecule has 0 radical (unpaired) electrons. The number of piperidine rings is 2. The van der Waals surface area contributed by atoms with E-state index in [9.17, 15) is 23.2 Å². The number of amides is 3. The molecular formula is C44H51F2N11O5. The van der Waals surface area contributed by atoms with Crippen LogP contribution in [-0.2, 0) is 26.1 Å². The summed E-state index contributed by atoms with van der Waals surface area (Å²) in [5.74, 6) is 6.01. The molecule has 326 valence electrons. The predicted octanol–water partition coefficient (Wildman–Crippen LogP) is 5.01. The van der Waals surface area contributed by atoms with Crippen molar-refractivity contribution in [3.63, 3.8) is 0 Å². The molecule has 4 aromatic heterocycles. The lowest BCUT2D eigenvalue weighted by molar-refractivity contribution is -0.134. The molecule has 9 rings (SSSR count). The highest BCUT2D eigenvalue weighted by molar-refractivity contribution is 6.08. The third-order valence-corrected chi connectivity index (χ3v) is 12.8. The average molecular weight is 852 g/mol. The van der Waals surface area contributed by atoms with Gasteiger partial charge in [0.2, 0.25) is 11.8 Å². The first-order chi connectivity index (χ1) is 30.1.